The van der Waals surface area contributed by atoms with Crippen LogP contribution in [0, 0.1) is 16.2 Å². The van der Waals surface area contributed by atoms with Crippen molar-refractivity contribution in [3.63, 3.8) is 0 Å². The second kappa shape index (κ2) is 3.27. The number of hydrogen-bond acceptors (Lipinski definition) is 2. The van der Waals surface area contributed by atoms with Crippen molar-refractivity contribution < 1.29 is 0 Å². The fourth-order valence-electron chi connectivity index (χ4n) is 3.61. The van der Waals surface area contributed by atoms with Crippen molar-refractivity contribution in [2.45, 2.75) is 80.3 Å². The van der Waals surface area contributed by atoms with E-state index in [1.807, 2.05) is 0 Å². The van der Waals surface area contributed by atoms with E-state index in [1.165, 1.54) is 0 Å². The van der Waals surface area contributed by atoms with Gasteiger partial charge >= 0.3 is 0 Å². The first-order valence-electron chi connectivity index (χ1n) is 6.71. The van der Waals surface area contributed by atoms with Gasteiger partial charge in [-0.25, -0.2) is 5.01 Å². The summed E-state index contributed by atoms with van der Waals surface area (Å²) in [4.78, 5) is 0. The lowest BCUT2D eigenvalue weighted by molar-refractivity contribution is -0.248. The van der Waals surface area contributed by atoms with Crippen molar-refractivity contribution in [2.75, 3.05) is 0 Å². The highest BCUT2D eigenvalue weighted by Crippen LogP contribution is 2.66. The molecule has 1 saturated heterocycles. The van der Waals surface area contributed by atoms with Crippen molar-refractivity contribution in [3.8, 4) is 0 Å². The normalized spacial score (nSPS) is 33.4. The van der Waals surface area contributed by atoms with E-state index in [4.69, 9.17) is 5.84 Å². The SMILES string of the molecule is CC1(C)N(N)C(C)(C)C(C)(C)C(C)(C)C1(C)C. The molecule has 0 saturated carbocycles. The van der Waals surface area contributed by atoms with E-state index < -0.39 is 0 Å². The van der Waals surface area contributed by atoms with Gasteiger partial charge in [-0.15, -0.1) is 0 Å². The summed E-state index contributed by atoms with van der Waals surface area (Å²) in [6, 6.07) is 0. The van der Waals surface area contributed by atoms with E-state index in [9.17, 15) is 0 Å². The van der Waals surface area contributed by atoms with Crippen LogP contribution in [-0.2, 0) is 0 Å². The Labute approximate surface area is 108 Å². The highest BCUT2D eigenvalue weighted by molar-refractivity contribution is 5.18. The molecule has 0 bridgehead atoms. The highest BCUT2D eigenvalue weighted by Gasteiger charge is 2.67. The molecular weight excluding hydrogens is 208 g/mol. The van der Waals surface area contributed by atoms with E-state index in [2.05, 4.69) is 74.2 Å². The monoisotopic (exact) mass is 240 g/mol. The number of hydrazine groups is 1. The van der Waals surface area contributed by atoms with Crippen molar-refractivity contribution in [3.05, 3.63) is 0 Å². The Hall–Kier alpha value is -0.0800. The summed E-state index contributed by atoms with van der Waals surface area (Å²) in [7, 11) is 0. The Morgan fingerprint density at radius 2 is 0.765 bits per heavy atom. The van der Waals surface area contributed by atoms with E-state index in [1.54, 1.807) is 0 Å². The van der Waals surface area contributed by atoms with Gasteiger partial charge in [-0.1, -0.05) is 41.5 Å². The Balaban J connectivity index is 3.56. The molecule has 0 aromatic rings. The molecule has 0 amide bonds. The molecule has 0 aliphatic carbocycles. The molecular formula is C15H32N2. The Morgan fingerprint density at radius 3 is 1.00 bits per heavy atom. The molecule has 0 radical (unpaired) electrons. The van der Waals surface area contributed by atoms with Gasteiger partial charge in [0.05, 0.1) is 0 Å². The first-order valence-corrected chi connectivity index (χ1v) is 6.71. The first-order chi connectivity index (χ1) is 7.15. The Kier molecular flexibility index (Phi) is 2.88. The van der Waals surface area contributed by atoms with Crippen LogP contribution >= 0.6 is 0 Å². The third kappa shape index (κ3) is 1.34. The molecule has 1 aliphatic heterocycles. The maximum absolute atomic E-state index is 6.50. The van der Waals surface area contributed by atoms with Gasteiger partial charge in [0.2, 0.25) is 0 Å². The molecule has 17 heavy (non-hydrogen) atoms. The number of rotatable bonds is 0. The summed E-state index contributed by atoms with van der Waals surface area (Å²) >= 11 is 0. The maximum Gasteiger partial charge on any atom is 0.0358 e. The summed E-state index contributed by atoms with van der Waals surface area (Å²) < 4.78 is 0. The molecule has 2 nitrogen and oxygen atoms in total. The zero-order valence-electron chi connectivity index (χ0n) is 13.5. The van der Waals surface area contributed by atoms with Gasteiger partial charge in [-0.3, -0.25) is 5.84 Å². The second-order valence-corrected chi connectivity index (χ2v) is 8.36. The Bertz CT molecular complexity index is 292. The molecule has 1 aliphatic rings. The molecule has 102 valence electrons. The van der Waals surface area contributed by atoms with Gasteiger partial charge in [0.25, 0.3) is 0 Å². The third-order valence-corrected chi connectivity index (χ3v) is 7.39. The molecule has 2 N–H and O–H groups in total. The summed E-state index contributed by atoms with van der Waals surface area (Å²) in [5, 5.41) is 2.09. The summed E-state index contributed by atoms with van der Waals surface area (Å²) in [5.74, 6) is 6.50. The molecule has 1 heterocycles. The van der Waals surface area contributed by atoms with E-state index >= 15 is 0 Å². The van der Waals surface area contributed by atoms with Gasteiger partial charge < -0.3 is 0 Å². The van der Waals surface area contributed by atoms with Crippen LogP contribution in [-0.4, -0.2) is 16.1 Å². The van der Waals surface area contributed by atoms with Crippen molar-refractivity contribution in [1.29, 1.82) is 0 Å². The minimum atomic E-state index is -0.0322. The molecule has 2 heteroatoms. The van der Waals surface area contributed by atoms with Crippen molar-refractivity contribution in [1.82, 2.24) is 5.01 Å². The van der Waals surface area contributed by atoms with E-state index in [0.717, 1.165) is 0 Å². The molecule has 0 spiro atoms. The van der Waals surface area contributed by atoms with Crippen molar-refractivity contribution in [2.24, 2.45) is 22.1 Å². The zero-order chi connectivity index (χ0) is 14.1. The topological polar surface area (TPSA) is 29.3 Å². The van der Waals surface area contributed by atoms with Gasteiger partial charge in [0.15, 0.2) is 0 Å². The zero-order valence-corrected chi connectivity index (χ0v) is 13.5. The number of hydrogen-bond donors (Lipinski definition) is 1. The average Bonchev–Trinajstić information content (AvgIpc) is 2.13. The van der Waals surface area contributed by atoms with Crippen molar-refractivity contribution >= 4 is 0 Å². The average molecular weight is 240 g/mol. The lowest BCUT2D eigenvalue weighted by atomic mass is 9.42. The van der Waals surface area contributed by atoms with Crippen LogP contribution in [0.3, 0.4) is 0 Å². The standard InChI is InChI=1S/C15H32N2/c1-11(2)12(3,4)14(7,8)17(16)15(9,10)13(11,5)6/h16H2,1-10H3. The summed E-state index contributed by atoms with van der Waals surface area (Å²) in [6.07, 6.45) is 0. The third-order valence-electron chi connectivity index (χ3n) is 7.39. The smallest absolute Gasteiger partial charge is 0.0358 e. The van der Waals surface area contributed by atoms with E-state index in [-0.39, 0.29) is 27.3 Å². The molecule has 0 aromatic heterocycles. The number of nitrogens with two attached hydrogens (primary N) is 1. The minimum Gasteiger partial charge on any atom is -0.268 e. The highest BCUT2D eigenvalue weighted by atomic mass is 15.5. The first kappa shape index (κ1) is 15.0. The second-order valence-electron chi connectivity index (χ2n) is 8.36. The Morgan fingerprint density at radius 1 is 0.529 bits per heavy atom. The molecule has 1 rings (SSSR count). The van der Waals surface area contributed by atoms with Crippen LogP contribution in [0.5, 0.6) is 0 Å². The quantitative estimate of drug-likeness (QED) is 0.652. The van der Waals surface area contributed by atoms with Crippen LogP contribution in [0.15, 0.2) is 0 Å². The molecule has 0 atom stereocenters. The summed E-state index contributed by atoms with van der Waals surface area (Å²) in [6.45, 7) is 23.3. The van der Waals surface area contributed by atoms with E-state index in [0.29, 0.717) is 0 Å². The minimum absolute atomic E-state index is 0.0322. The molecule has 0 aromatic carbocycles. The van der Waals surface area contributed by atoms with Gasteiger partial charge in [0.1, 0.15) is 0 Å². The molecule has 0 unspecified atom stereocenters. The van der Waals surface area contributed by atoms with Crippen LogP contribution in [0.2, 0.25) is 0 Å². The van der Waals surface area contributed by atoms with Crippen LogP contribution in [0.4, 0.5) is 0 Å². The van der Waals surface area contributed by atoms with Gasteiger partial charge in [-0.05, 0) is 43.9 Å². The fraction of sp³-hybridized carbons (Fsp3) is 1.00. The maximum atomic E-state index is 6.50. The summed E-state index contributed by atoms with van der Waals surface area (Å²) in [5.41, 5.74) is 0.398. The van der Waals surface area contributed by atoms with Crippen LogP contribution < -0.4 is 5.84 Å². The lowest BCUT2D eigenvalue weighted by Gasteiger charge is -2.73. The number of piperidine rings is 1. The number of nitrogens with zero attached hydrogens (tertiary/aromatic N) is 1. The lowest BCUT2D eigenvalue weighted by Crippen LogP contribution is -2.79. The van der Waals surface area contributed by atoms with Crippen LogP contribution in [0.1, 0.15) is 69.2 Å². The predicted molar refractivity (Wildman–Crippen MR) is 75.5 cm³/mol. The van der Waals surface area contributed by atoms with Gasteiger partial charge in [-0.2, -0.15) is 0 Å². The fourth-order valence-corrected chi connectivity index (χ4v) is 3.61. The van der Waals surface area contributed by atoms with Crippen LogP contribution in [0.25, 0.3) is 0 Å². The van der Waals surface area contributed by atoms with Gasteiger partial charge in [0, 0.05) is 11.1 Å². The predicted octanol–water partition coefficient (Wildman–Crippen LogP) is 3.81. The largest absolute Gasteiger partial charge is 0.268 e. The molecule has 1 fully saturated rings.